The van der Waals surface area contributed by atoms with Crippen LogP contribution in [0.25, 0.3) is 0 Å². The number of rotatable bonds is 7. The van der Waals surface area contributed by atoms with E-state index in [2.05, 4.69) is 4.72 Å². The molecule has 1 unspecified atom stereocenters. The summed E-state index contributed by atoms with van der Waals surface area (Å²) in [4.78, 5) is 0.261. The maximum absolute atomic E-state index is 12.8. The summed E-state index contributed by atoms with van der Waals surface area (Å²) in [5.74, 6) is 0.850. The molecule has 0 aliphatic carbocycles. The van der Waals surface area contributed by atoms with Crippen molar-refractivity contribution in [1.82, 2.24) is 4.72 Å². The normalized spacial score (nSPS) is 13.0. The van der Waals surface area contributed by atoms with Gasteiger partial charge in [0.15, 0.2) is 0 Å². The molecule has 0 saturated carbocycles. The first-order valence-corrected chi connectivity index (χ1v) is 9.73. The first-order valence-electron chi connectivity index (χ1n) is 8.25. The van der Waals surface area contributed by atoms with Crippen LogP contribution in [0.2, 0.25) is 0 Å². The van der Waals surface area contributed by atoms with Crippen LogP contribution in [-0.2, 0) is 10.0 Å². The molecule has 136 valence electrons. The van der Waals surface area contributed by atoms with E-state index in [-0.39, 0.29) is 17.4 Å². The first kappa shape index (κ1) is 19.4. The van der Waals surface area contributed by atoms with Crippen molar-refractivity contribution < 1.29 is 13.2 Å². The van der Waals surface area contributed by atoms with Gasteiger partial charge in [-0.1, -0.05) is 44.2 Å². The fourth-order valence-electron chi connectivity index (χ4n) is 2.69. The molecule has 0 aliphatic heterocycles. The summed E-state index contributed by atoms with van der Waals surface area (Å²) in [5, 5.41) is 0. The molecule has 1 atom stereocenters. The highest BCUT2D eigenvalue weighted by Crippen LogP contribution is 2.31. The second-order valence-electron chi connectivity index (χ2n) is 6.38. The zero-order chi connectivity index (χ0) is 18.6. The maximum Gasteiger partial charge on any atom is 0.240 e. The third kappa shape index (κ3) is 4.60. The Hall–Kier alpha value is -1.89. The van der Waals surface area contributed by atoms with Gasteiger partial charge in [-0.25, -0.2) is 13.1 Å². The van der Waals surface area contributed by atoms with Crippen LogP contribution in [0.4, 0.5) is 0 Å². The molecule has 0 radical (unpaired) electrons. The van der Waals surface area contributed by atoms with E-state index >= 15 is 0 Å². The van der Waals surface area contributed by atoms with Crippen LogP contribution < -0.4 is 15.2 Å². The lowest BCUT2D eigenvalue weighted by Gasteiger charge is -2.18. The summed E-state index contributed by atoms with van der Waals surface area (Å²) in [6, 6.07) is 12.5. The van der Waals surface area contributed by atoms with Crippen molar-refractivity contribution in [2.24, 2.45) is 5.73 Å². The summed E-state index contributed by atoms with van der Waals surface area (Å²) >= 11 is 0. The number of sulfonamides is 1. The smallest absolute Gasteiger partial charge is 0.240 e. The molecule has 2 rings (SSSR count). The fraction of sp³-hybridized carbons (Fsp3) is 0.368. The number of nitrogens with one attached hydrogen (secondary N) is 1. The number of ether oxygens (including phenoxy) is 1. The molecule has 25 heavy (non-hydrogen) atoms. The van der Waals surface area contributed by atoms with Crippen LogP contribution in [0.5, 0.6) is 5.75 Å². The van der Waals surface area contributed by atoms with Crippen LogP contribution in [0.1, 0.15) is 42.5 Å². The van der Waals surface area contributed by atoms with E-state index in [9.17, 15) is 8.42 Å². The monoisotopic (exact) mass is 362 g/mol. The molecule has 0 heterocycles. The summed E-state index contributed by atoms with van der Waals surface area (Å²) in [6.45, 7) is 5.90. The Morgan fingerprint density at radius 3 is 2.36 bits per heavy atom. The maximum atomic E-state index is 12.8. The molecule has 0 saturated heterocycles. The van der Waals surface area contributed by atoms with E-state index in [1.807, 2.05) is 44.2 Å². The van der Waals surface area contributed by atoms with Gasteiger partial charge in [-0.15, -0.1) is 0 Å². The molecule has 0 amide bonds. The largest absolute Gasteiger partial charge is 0.496 e. The number of benzene rings is 2. The Balaban J connectivity index is 2.26. The molecule has 3 N–H and O–H groups in total. The van der Waals surface area contributed by atoms with Crippen molar-refractivity contribution in [1.29, 1.82) is 0 Å². The van der Waals surface area contributed by atoms with Gasteiger partial charge in [0.25, 0.3) is 0 Å². The van der Waals surface area contributed by atoms with Crippen molar-refractivity contribution in [3.8, 4) is 5.75 Å². The number of hydrogen-bond donors (Lipinski definition) is 2. The van der Waals surface area contributed by atoms with Crippen LogP contribution in [-0.4, -0.2) is 22.1 Å². The van der Waals surface area contributed by atoms with Crippen molar-refractivity contribution in [2.75, 3.05) is 13.7 Å². The molecule has 5 nitrogen and oxygen atoms in total. The molecule has 0 fully saturated rings. The van der Waals surface area contributed by atoms with E-state index < -0.39 is 16.1 Å². The summed E-state index contributed by atoms with van der Waals surface area (Å²) < 4.78 is 33.5. The average Bonchev–Trinajstić information content (AvgIpc) is 2.59. The molecule has 0 bridgehead atoms. The van der Waals surface area contributed by atoms with Crippen molar-refractivity contribution in [2.45, 2.75) is 37.6 Å². The lowest BCUT2D eigenvalue weighted by Crippen LogP contribution is -2.32. The summed E-state index contributed by atoms with van der Waals surface area (Å²) in [7, 11) is -2.07. The second-order valence-corrected chi connectivity index (χ2v) is 8.12. The van der Waals surface area contributed by atoms with Gasteiger partial charge in [0.2, 0.25) is 10.0 Å². The van der Waals surface area contributed by atoms with Crippen LogP contribution in [0.3, 0.4) is 0 Å². The predicted octanol–water partition coefficient (Wildman–Crippen LogP) is 3.11. The average molecular weight is 362 g/mol. The third-order valence-corrected chi connectivity index (χ3v) is 5.73. The minimum atomic E-state index is -3.66. The van der Waals surface area contributed by atoms with Crippen LogP contribution in [0, 0.1) is 6.92 Å². The van der Waals surface area contributed by atoms with Gasteiger partial charge in [-0.3, -0.25) is 0 Å². The predicted molar refractivity (Wildman–Crippen MR) is 100 cm³/mol. The fourth-order valence-corrected chi connectivity index (χ4v) is 4.01. The molecule has 0 aliphatic rings. The highest BCUT2D eigenvalue weighted by atomic mass is 32.2. The molecule has 0 spiro atoms. The van der Waals surface area contributed by atoms with Crippen LogP contribution in [0.15, 0.2) is 47.4 Å². The van der Waals surface area contributed by atoms with Crippen molar-refractivity contribution in [3.05, 3.63) is 59.2 Å². The lowest BCUT2D eigenvalue weighted by molar-refractivity contribution is 0.406. The first-order chi connectivity index (χ1) is 11.8. The number of nitrogens with two attached hydrogens (primary N) is 1. The van der Waals surface area contributed by atoms with Gasteiger partial charge in [-0.2, -0.15) is 0 Å². The Morgan fingerprint density at radius 2 is 1.80 bits per heavy atom. The van der Waals surface area contributed by atoms with E-state index in [4.69, 9.17) is 10.5 Å². The van der Waals surface area contributed by atoms with E-state index in [0.717, 1.165) is 11.1 Å². The minimum Gasteiger partial charge on any atom is -0.496 e. The van der Waals surface area contributed by atoms with E-state index in [1.165, 1.54) is 0 Å². The summed E-state index contributed by atoms with van der Waals surface area (Å²) in [5.41, 5.74) is 8.49. The van der Waals surface area contributed by atoms with Gasteiger partial charge in [0, 0.05) is 12.6 Å². The highest BCUT2D eigenvalue weighted by Gasteiger charge is 2.21. The molecular formula is C19H26N2O3S. The zero-order valence-electron chi connectivity index (χ0n) is 15.1. The molecular weight excluding hydrogens is 336 g/mol. The Labute approximate surface area is 150 Å². The lowest BCUT2D eigenvalue weighted by atomic mass is 10.0. The second kappa shape index (κ2) is 7.99. The molecule has 2 aromatic rings. The third-order valence-electron chi connectivity index (χ3n) is 4.16. The number of hydrogen-bond acceptors (Lipinski definition) is 4. The highest BCUT2D eigenvalue weighted by molar-refractivity contribution is 7.89. The molecule has 2 aromatic carbocycles. The zero-order valence-corrected chi connectivity index (χ0v) is 15.9. The molecule has 0 aromatic heterocycles. The minimum absolute atomic E-state index is 0.134. The van der Waals surface area contributed by atoms with Gasteiger partial charge in [0.05, 0.1) is 12.0 Å². The number of aryl methyl sites for hydroxylation is 1. The van der Waals surface area contributed by atoms with Gasteiger partial charge in [0.1, 0.15) is 5.75 Å². The standard InChI is InChI=1S/C19H26N2O3S/c1-13(2)16-11-19(14(3)10-18(16)24-4)25(22,23)21-12-17(20)15-8-6-5-7-9-15/h5-11,13,17,21H,12,20H2,1-4H3. The SMILES string of the molecule is COc1cc(C)c(S(=O)(=O)NCC(N)c2ccccc2)cc1C(C)C. The summed E-state index contributed by atoms with van der Waals surface area (Å²) in [6.07, 6.45) is 0. The van der Waals surface area contributed by atoms with Crippen molar-refractivity contribution in [3.63, 3.8) is 0 Å². The Bertz CT molecular complexity index is 818. The number of methoxy groups -OCH3 is 1. The van der Waals surface area contributed by atoms with Crippen LogP contribution >= 0.6 is 0 Å². The van der Waals surface area contributed by atoms with Gasteiger partial charge in [-0.05, 0) is 41.7 Å². The topological polar surface area (TPSA) is 81.4 Å². The van der Waals surface area contributed by atoms with E-state index in [0.29, 0.717) is 11.3 Å². The molecule has 6 heteroatoms. The van der Waals surface area contributed by atoms with Gasteiger partial charge >= 0.3 is 0 Å². The van der Waals surface area contributed by atoms with E-state index in [1.54, 1.807) is 26.2 Å². The Kier molecular flexibility index (Phi) is 6.21. The quantitative estimate of drug-likeness (QED) is 0.793. The van der Waals surface area contributed by atoms with Crippen molar-refractivity contribution >= 4 is 10.0 Å². The Morgan fingerprint density at radius 1 is 1.16 bits per heavy atom. The van der Waals surface area contributed by atoms with Gasteiger partial charge < -0.3 is 10.5 Å².